The van der Waals surface area contributed by atoms with Gasteiger partial charge in [0.25, 0.3) is 0 Å². The lowest BCUT2D eigenvalue weighted by Crippen LogP contribution is -2.29. The maximum atomic E-state index is 11.4. The van der Waals surface area contributed by atoms with Crippen LogP contribution in [0.25, 0.3) is 0 Å². The van der Waals surface area contributed by atoms with Gasteiger partial charge in [-0.1, -0.05) is 0 Å². The molecule has 2 N–H and O–H groups in total. The molecule has 0 aliphatic carbocycles. The van der Waals surface area contributed by atoms with Gasteiger partial charge in [-0.15, -0.1) is 11.8 Å². The summed E-state index contributed by atoms with van der Waals surface area (Å²) in [4.78, 5) is 12.9. The zero-order valence-electron chi connectivity index (χ0n) is 8.72. The maximum absolute atomic E-state index is 11.4. The quantitative estimate of drug-likeness (QED) is 0.615. The molecule has 0 heterocycles. The Morgan fingerprint density at radius 1 is 1.67 bits per heavy atom. The van der Waals surface area contributed by atoms with Gasteiger partial charge in [-0.3, -0.25) is 4.79 Å². The standard InChI is InChI=1S/C9H16N2O3S/c1-11(4-2-3-10)9(14)7-15-6-8(13)5-12/h8,12-13H,2,4-7H2,1H3. The van der Waals surface area contributed by atoms with Gasteiger partial charge < -0.3 is 15.1 Å². The smallest absolute Gasteiger partial charge is 0.232 e. The summed E-state index contributed by atoms with van der Waals surface area (Å²) in [6.45, 7) is 0.143. The fraction of sp³-hybridized carbons (Fsp3) is 0.778. The molecule has 5 nitrogen and oxygen atoms in total. The van der Waals surface area contributed by atoms with Crippen molar-refractivity contribution in [1.82, 2.24) is 4.90 Å². The molecule has 0 bridgehead atoms. The SMILES string of the molecule is CN(CCC#N)C(=O)CSCC(O)CO. The minimum Gasteiger partial charge on any atom is -0.394 e. The van der Waals surface area contributed by atoms with E-state index in [1.54, 1.807) is 7.05 Å². The minimum absolute atomic E-state index is 0.0691. The zero-order valence-corrected chi connectivity index (χ0v) is 9.53. The number of amides is 1. The number of hydrogen-bond acceptors (Lipinski definition) is 5. The fourth-order valence-corrected chi connectivity index (χ4v) is 1.68. The Labute approximate surface area is 93.7 Å². The van der Waals surface area contributed by atoms with Crippen LogP contribution in [-0.4, -0.2) is 58.8 Å². The Kier molecular flexibility index (Phi) is 8.09. The number of hydrogen-bond donors (Lipinski definition) is 2. The number of carbonyl (C=O) groups excluding carboxylic acids is 1. The Hall–Kier alpha value is -0.770. The van der Waals surface area contributed by atoms with E-state index in [1.807, 2.05) is 6.07 Å². The molecule has 0 aliphatic heterocycles. The Morgan fingerprint density at radius 2 is 2.33 bits per heavy atom. The first-order valence-electron chi connectivity index (χ1n) is 4.59. The van der Waals surface area contributed by atoms with Crippen LogP contribution in [0.4, 0.5) is 0 Å². The Bertz CT molecular complexity index is 230. The van der Waals surface area contributed by atoms with Crippen molar-refractivity contribution in [2.24, 2.45) is 0 Å². The molecular formula is C9H16N2O3S. The molecule has 1 amide bonds. The molecule has 0 aromatic rings. The molecule has 1 atom stereocenters. The van der Waals surface area contributed by atoms with Crippen molar-refractivity contribution in [2.75, 3.05) is 31.7 Å². The van der Waals surface area contributed by atoms with E-state index in [-0.39, 0.29) is 18.3 Å². The van der Waals surface area contributed by atoms with Crippen molar-refractivity contribution in [1.29, 1.82) is 5.26 Å². The summed E-state index contributed by atoms with van der Waals surface area (Å²) in [6.07, 6.45) is -0.446. The van der Waals surface area contributed by atoms with E-state index in [2.05, 4.69) is 0 Å². The molecule has 0 fully saturated rings. The zero-order chi connectivity index (χ0) is 11.7. The van der Waals surface area contributed by atoms with Crippen LogP contribution in [0.15, 0.2) is 0 Å². The number of rotatable bonds is 7. The normalized spacial score (nSPS) is 11.9. The molecule has 0 aromatic heterocycles. The predicted molar refractivity (Wildman–Crippen MR) is 58.3 cm³/mol. The first-order chi connectivity index (χ1) is 7.11. The van der Waals surface area contributed by atoms with Crippen LogP contribution in [0.5, 0.6) is 0 Å². The number of nitriles is 1. The number of carbonyl (C=O) groups is 1. The summed E-state index contributed by atoms with van der Waals surface area (Å²) in [5, 5.41) is 25.9. The van der Waals surface area contributed by atoms with Gasteiger partial charge in [-0.2, -0.15) is 5.26 Å². The molecule has 86 valence electrons. The summed E-state index contributed by atoms with van der Waals surface area (Å²) < 4.78 is 0. The number of aliphatic hydroxyl groups excluding tert-OH is 2. The van der Waals surface area contributed by atoms with E-state index in [9.17, 15) is 4.79 Å². The third-order valence-electron chi connectivity index (χ3n) is 1.73. The molecule has 0 saturated heterocycles. The first kappa shape index (κ1) is 14.2. The topological polar surface area (TPSA) is 84.6 Å². The highest BCUT2D eigenvalue weighted by atomic mass is 32.2. The van der Waals surface area contributed by atoms with Crippen molar-refractivity contribution >= 4 is 17.7 Å². The molecule has 0 radical (unpaired) electrons. The minimum atomic E-state index is -0.771. The van der Waals surface area contributed by atoms with Crippen molar-refractivity contribution < 1.29 is 15.0 Å². The van der Waals surface area contributed by atoms with Crippen LogP contribution in [0.1, 0.15) is 6.42 Å². The van der Waals surface area contributed by atoms with Crippen LogP contribution in [-0.2, 0) is 4.79 Å². The van der Waals surface area contributed by atoms with Gasteiger partial charge in [0.2, 0.25) is 5.91 Å². The van der Waals surface area contributed by atoms with Crippen LogP contribution in [0.3, 0.4) is 0 Å². The summed E-state index contributed by atoms with van der Waals surface area (Å²) in [5.74, 6) is 0.535. The van der Waals surface area contributed by atoms with Gasteiger partial charge in [-0.05, 0) is 0 Å². The van der Waals surface area contributed by atoms with E-state index in [4.69, 9.17) is 15.5 Å². The monoisotopic (exact) mass is 232 g/mol. The molecule has 0 rings (SSSR count). The average molecular weight is 232 g/mol. The van der Waals surface area contributed by atoms with Crippen molar-refractivity contribution in [2.45, 2.75) is 12.5 Å². The van der Waals surface area contributed by atoms with Crippen molar-refractivity contribution in [3.63, 3.8) is 0 Å². The van der Waals surface area contributed by atoms with Crippen LogP contribution >= 0.6 is 11.8 Å². The molecule has 0 aliphatic rings. The van der Waals surface area contributed by atoms with Gasteiger partial charge in [0.1, 0.15) is 0 Å². The van der Waals surface area contributed by atoms with Gasteiger partial charge in [-0.25, -0.2) is 0 Å². The summed E-state index contributed by atoms with van der Waals surface area (Å²) in [7, 11) is 1.64. The second kappa shape index (κ2) is 8.53. The van der Waals surface area contributed by atoms with Gasteiger partial charge >= 0.3 is 0 Å². The second-order valence-corrected chi connectivity index (χ2v) is 4.11. The summed E-state index contributed by atoms with van der Waals surface area (Å²) in [5.41, 5.74) is 0. The van der Waals surface area contributed by atoms with E-state index in [1.165, 1.54) is 16.7 Å². The van der Waals surface area contributed by atoms with Crippen molar-refractivity contribution in [3.05, 3.63) is 0 Å². The lowest BCUT2D eigenvalue weighted by Gasteiger charge is -2.15. The van der Waals surface area contributed by atoms with Crippen LogP contribution < -0.4 is 0 Å². The number of thioether (sulfide) groups is 1. The second-order valence-electron chi connectivity index (χ2n) is 3.07. The molecule has 6 heteroatoms. The fourth-order valence-electron chi connectivity index (χ4n) is 0.788. The number of aliphatic hydroxyl groups is 2. The third-order valence-corrected chi connectivity index (χ3v) is 2.80. The first-order valence-corrected chi connectivity index (χ1v) is 5.74. The Balaban J connectivity index is 3.60. The maximum Gasteiger partial charge on any atom is 0.232 e. The molecule has 0 saturated carbocycles. The Morgan fingerprint density at radius 3 is 2.87 bits per heavy atom. The van der Waals surface area contributed by atoms with E-state index < -0.39 is 6.10 Å². The van der Waals surface area contributed by atoms with Crippen LogP contribution in [0, 0.1) is 11.3 Å². The largest absolute Gasteiger partial charge is 0.394 e. The van der Waals surface area contributed by atoms with Crippen molar-refractivity contribution in [3.8, 4) is 6.07 Å². The molecule has 1 unspecified atom stereocenters. The van der Waals surface area contributed by atoms with E-state index >= 15 is 0 Å². The highest BCUT2D eigenvalue weighted by Crippen LogP contribution is 2.04. The highest BCUT2D eigenvalue weighted by molar-refractivity contribution is 7.99. The van der Waals surface area contributed by atoms with Gasteiger partial charge in [0, 0.05) is 19.3 Å². The molecule has 0 aromatic carbocycles. The van der Waals surface area contributed by atoms with Crippen LogP contribution in [0.2, 0.25) is 0 Å². The molecule has 15 heavy (non-hydrogen) atoms. The van der Waals surface area contributed by atoms with E-state index in [0.29, 0.717) is 18.7 Å². The molecular weight excluding hydrogens is 216 g/mol. The van der Waals surface area contributed by atoms with E-state index in [0.717, 1.165) is 0 Å². The third kappa shape index (κ3) is 7.19. The lowest BCUT2D eigenvalue weighted by atomic mass is 10.4. The highest BCUT2D eigenvalue weighted by Gasteiger charge is 2.09. The summed E-state index contributed by atoms with van der Waals surface area (Å²) >= 11 is 1.27. The lowest BCUT2D eigenvalue weighted by molar-refractivity contribution is -0.127. The molecule has 0 spiro atoms. The predicted octanol–water partition coefficient (Wildman–Crippen LogP) is -0.555. The summed E-state index contributed by atoms with van der Waals surface area (Å²) in [6, 6.07) is 1.96. The van der Waals surface area contributed by atoms with Gasteiger partial charge in [0.05, 0.1) is 31.0 Å². The average Bonchev–Trinajstić information content (AvgIpc) is 2.25. The number of nitrogens with zero attached hydrogens (tertiary/aromatic N) is 2. The van der Waals surface area contributed by atoms with Gasteiger partial charge in [0.15, 0.2) is 0 Å².